The van der Waals surface area contributed by atoms with Crippen molar-refractivity contribution >= 4 is 40.8 Å². The molecule has 1 amide bonds. The predicted molar refractivity (Wildman–Crippen MR) is 99.7 cm³/mol. The summed E-state index contributed by atoms with van der Waals surface area (Å²) in [6.07, 6.45) is -16.0. The summed E-state index contributed by atoms with van der Waals surface area (Å²) in [7, 11) is 0. The predicted octanol–water partition coefficient (Wildman–Crippen LogP) is 5.82. The number of halogens is 11. The fraction of sp³-hybridized carbons (Fsp3) is 0.529. The van der Waals surface area contributed by atoms with Gasteiger partial charge >= 0.3 is 24.3 Å². The van der Waals surface area contributed by atoms with E-state index in [2.05, 4.69) is 9.73 Å². The minimum atomic E-state index is -5.53. The maximum atomic E-state index is 13.9. The van der Waals surface area contributed by atoms with Gasteiger partial charge in [-0.15, -0.1) is 0 Å². The fourth-order valence-corrected chi connectivity index (χ4v) is 3.53. The molecule has 1 unspecified atom stereocenters. The van der Waals surface area contributed by atoms with E-state index >= 15 is 0 Å². The number of anilines is 1. The van der Waals surface area contributed by atoms with E-state index in [4.69, 9.17) is 23.2 Å². The zero-order valence-electron chi connectivity index (χ0n) is 16.5. The number of amides is 1. The molecule has 1 aromatic rings. The van der Waals surface area contributed by atoms with Gasteiger partial charge in [0.1, 0.15) is 0 Å². The van der Waals surface area contributed by atoms with Gasteiger partial charge in [-0.3, -0.25) is 9.69 Å². The number of carbonyl (C=O) groups excluding carboxylic acids is 1. The van der Waals surface area contributed by atoms with Gasteiger partial charge in [-0.25, -0.2) is 4.99 Å². The Bertz CT molecular complexity index is 945. The summed E-state index contributed by atoms with van der Waals surface area (Å²) in [5.74, 6) is -2.74. The molecule has 0 fully saturated rings. The third-order valence-corrected chi connectivity index (χ3v) is 5.25. The fourth-order valence-electron chi connectivity index (χ4n) is 2.92. The molecule has 1 atom stereocenters. The summed E-state index contributed by atoms with van der Waals surface area (Å²) in [6, 6.07) is 0.370. The standard InChI is InChI=1S/C17H14Cl2F9N3O2/c1-3-31-11(32)13(18,19)16(33-4-2,17(26,27)28)30-12(31)29-10-6-5-8(14(20,21)22)7-9(10)15(23,24)25/h5-7H,3-4H2,1-2H3,(H,29,30). The van der Waals surface area contributed by atoms with Crippen molar-refractivity contribution in [1.82, 2.24) is 4.90 Å². The van der Waals surface area contributed by atoms with Crippen LogP contribution in [0.25, 0.3) is 0 Å². The average molecular weight is 534 g/mol. The van der Waals surface area contributed by atoms with Gasteiger partial charge in [-0.2, -0.15) is 39.5 Å². The minimum absolute atomic E-state index is 0.239. The second-order valence-corrected chi connectivity index (χ2v) is 7.84. The lowest BCUT2D eigenvalue weighted by Gasteiger charge is -2.45. The monoisotopic (exact) mass is 533 g/mol. The van der Waals surface area contributed by atoms with Crippen molar-refractivity contribution in [2.24, 2.45) is 4.99 Å². The summed E-state index contributed by atoms with van der Waals surface area (Å²) in [5, 5.41) is 1.86. The largest absolute Gasteiger partial charge is 0.442 e. The number of nitrogens with zero attached hydrogens (tertiary/aromatic N) is 2. The van der Waals surface area contributed by atoms with Gasteiger partial charge in [0.15, 0.2) is 0 Å². The summed E-state index contributed by atoms with van der Waals surface area (Å²) < 4.78 is 122. The highest BCUT2D eigenvalue weighted by Crippen LogP contribution is 2.52. The normalized spacial score (nSPS) is 21.8. The molecule has 0 bridgehead atoms. The maximum Gasteiger partial charge on any atom is 0.442 e. The molecule has 33 heavy (non-hydrogen) atoms. The van der Waals surface area contributed by atoms with Crippen molar-refractivity contribution in [1.29, 1.82) is 0 Å². The first kappa shape index (κ1) is 27.3. The van der Waals surface area contributed by atoms with Crippen LogP contribution in [0.1, 0.15) is 25.0 Å². The second kappa shape index (κ2) is 8.69. The number of nitrogens with one attached hydrogen (secondary N) is 1. The molecule has 2 rings (SSSR count). The Morgan fingerprint density at radius 2 is 1.61 bits per heavy atom. The molecular formula is C17H14Cl2F9N3O2. The first-order chi connectivity index (χ1) is 14.8. The highest BCUT2D eigenvalue weighted by molar-refractivity contribution is 6.60. The maximum absolute atomic E-state index is 13.9. The van der Waals surface area contributed by atoms with Crippen LogP contribution in [0.4, 0.5) is 45.2 Å². The lowest BCUT2D eigenvalue weighted by Crippen LogP contribution is -2.69. The van der Waals surface area contributed by atoms with Gasteiger partial charge in [0.25, 0.3) is 10.2 Å². The molecule has 5 nitrogen and oxygen atoms in total. The summed E-state index contributed by atoms with van der Waals surface area (Å²) in [6.45, 7) is 1.13. The third-order valence-electron chi connectivity index (χ3n) is 4.41. The number of guanidine groups is 1. The van der Waals surface area contributed by atoms with Crippen molar-refractivity contribution in [2.75, 3.05) is 18.5 Å². The van der Waals surface area contributed by atoms with Gasteiger partial charge in [0, 0.05) is 13.2 Å². The van der Waals surface area contributed by atoms with E-state index in [1.807, 2.05) is 5.32 Å². The van der Waals surface area contributed by atoms with Crippen molar-refractivity contribution in [2.45, 2.75) is 42.4 Å². The molecule has 1 aromatic carbocycles. The van der Waals surface area contributed by atoms with Crippen LogP contribution in [0.2, 0.25) is 0 Å². The van der Waals surface area contributed by atoms with Gasteiger partial charge in [0.05, 0.1) is 16.8 Å². The Morgan fingerprint density at radius 3 is 2.03 bits per heavy atom. The minimum Gasteiger partial charge on any atom is -0.344 e. The van der Waals surface area contributed by atoms with Crippen LogP contribution < -0.4 is 5.32 Å². The van der Waals surface area contributed by atoms with Crippen LogP contribution in [0.5, 0.6) is 0 Å². The Morgan fingerprint density at radius 1 is 1.03 bits per heavy atom. The molecule has 1 heterocycles. The van der Waals surface area contributed by atoms with E-state index in [0.29, 0.717) is 11.0 Å². The molecule has 0 aromatic heterocycles. The van der Waals surface area contributed by atoms with E-state index in [0.717, 1.165) is 6.92 Å². The topological polar surface area (TPSA) is 53.9 Å². The number of carbonyl (C=O) groups is 1. The number of benzene rings is 1. The SMILES string of the molecule is CCOC1(C(F)(F)F)N=C(Nc2ccc(C(F)(F)F)cc2C(F)(F)F)N(CC)C(=O)C1(Cl)Cl. The van der Waals surface area contributed by atoms with Crippen molar-refractivity contribution in [3.8, 4) is 0 Å². The lowest BCUT2D eigenvalue weighted by atomic mass is 10.0. The number of hydrogen-bond acceptors (Lipinski definition) is 4. The Kier molecular flexibility index (Phi) is 7.19. The van der Waals surface area contributed by atoms with E-state index in [9.17, 15) is 44.3 Å². The van der Waals surface area contributed by atoms with Crippen LogP contribution in [0.3, 0.4) is 0 Å². The number of ether oxygens (including phenoxy) is 1. The number of rotatable bonds is 4. The molecule has 16 heteroatoms. The summed E-state index contributed by atoms with van der Waals surface area (Å²) >= 11 is 11.4. The van der Waals surface area contributed by atoms with Crippen molar-refractivity contribution < 1.29 is 49.0 Å². The van der Waals surface area contributed by atoms with Crippen molar-refractivity contribution in [3.63, 3.8) is 0 Å². The lowest BCUT2D eigenvalue weighted by molar-refractivity contribution is -0.279. The molecule has 0 saturated heterocycles. The zero-order valence-corrected chi connectivity index (χ0v) is 18.0. The summed E-state index contributed by atoms with van der Waals surface area (Å²) in [4.78, 5) is 16.3. The molecule has 1 N–H and O–H groups in total. The molecule has 0 spiro atoms. The van der Waals surface area contributed by atoms with Gasteiger partial charge in [0.2, 0.25) is 5.96 Å². The number of alkyl halides is 11. The molecule has 0 radical (unpaired) electrons. The van der Waals surface area contributed by atoms with Gasteiger partial charge < -0.3 is 10.1 Å². The van der Waals surface area contributed by atoms with E-state index in [-0.39, 0.29) is 12.1 Å². The van der Waals surface area contributed by atoms with Crippen LogP contribution in [0.15, 0.2) is 23.2 Å². The van der Waals surface area contributed by atoms with Crippen LogP contribution >= 0.6 is 23.2 Å². The Hall–Kier alpha value is -1.93. The third kappa shape index (κ3) is 4.83. The molecule has 0 aliphatic carbocycles. The first-order valence-electron chi connectivity index (χ1n) is 8.89. The highest BCUT2D eigenvalue weighted by Gasteiger charge is 2.74. The highest BCUT2D eigenvalue weighted by atomic mass is 35.5. The van der Waals surface area contributed by atoms with Crippen LogP contribution in [-0.4, -0.2) is 46.2 Å². The van der Waals surface area contributed by atoms with Gasteiger partial charge in [-0.1, -0.05) is 23.2 Å². The van der Waals surface area contributed by atoms with Gasteiger partial charge in [-0.05, 0) is 32.0 Å². The first-order valence-corrected chi connectivity index (χ1v) is 9.64. The average Bonchev–Trinajstić information content (AvgIpc) is 2.64. The van der Waals surface area contributed by atoms with E-state index < -0.39 is 70.4 Å². The quantitative estimate of drug-likeness (QED) is 0.391. The van der Waals surface area contributed by atoms with Crippen molar-refractivity contribution in [3.05, 3.63) is 29.3 Å². The smallest absolute Gasteiger partial charge is 0.344 e. The van der Waals surface area contributed by atoms with Crippen LogP contribution in [0, 0.1) is 0 Å². The number of aliphatic imine (C=N–C) groups is 1. The molecular weight excluding hydrogens is 520 g/mol. The Labute approximate surface area is 190 Å². The molecule has 1 aliphatic heterocycles. The molecule has 0 saturated carbocycles. The summed E-state index contributed by atoms with van der Waals surface area (Å²) in [5.41, 5.74) is -8.56. The zero-order chi connectivity index (χ0) is 25.6. The molecule has 1 aliphatic rings. The molecule has 186 valence electrons. The number of hydrogen-bond donors (Lipinski definition) is 1. The Balaban J connectivity index is 2.76. The van der Waals surface area contributed by atoms with Crippen LogP contribution in [-0.2, 0) is 21.9 Å². The van der Waals surface area contributed by atoms with E-state index in [1.165, 1.54) is 6.92 Å². The second-order valence-electron chi connectivity index (χ2n) is 6.51. The van der Waals surface area contributed by atoms with E-state index in [1.54, 1.807) is 0 Å².